The van der Waals surface area contributed by atoms with Gasteiger partial charge < -0.3 is 4.98 Å². The van der Waals surface area contributed by atoms with Crippen molar-refractivity contribution in [3.05, 3.63) is 17.7 Å². The monoisotopic (exact) mass is 180 g/mol. The largest absolute Gasteiger partial charge is 0.348 e. The molecule has 1 heterocycles. The maximum atomic E-state index is 4.35. The Kier molecular flexibility index (Phi) is 3.52. The minimum absolute atomic E-state index is 0.689. The Bertz CT molecular complexity index is 224. The highest BCUT2D eigenvalue weighted by molar-refractivity contribution is 5.12. The SMILES string of the molecule is CC(C)Cc1nc[nH]c1CC(C)C. The quantitative estimate of drug-likeness (QED) is 0.758. The van der Waals surface area contributed by atoms with Crippen LogP contribution in [0.4, 0.5) is 0 Å². The van der Waals surface area contributed by atoms with Crippen LogP contribution in [0.3, 0.4) is 0 Å². The van der Waals surface area contributed by atoms with Crippen LogP contribution in [0.1, 0.15) is 39.1 Å². The second-order valence-corrected chi connectivity index (χ2v) is 4.52. The number of H-pyrrole nitrogens is 1. The van der Waals surface area contributed by atoms with Crippen molar-refractivity contribution in [1.29, 1.82) is 0 Å². The third-order valence-electron chi connectivity index (χ3n) is 2.02. The lowest BCUT2D eigenvalue weighted by Gasteiger charge is -2.07. The molecule has 0 saturated heterocycles. The van der Waals surface area contributed by atoms with Crippen LogP contribution >= 0.6 is 0 Å². The van der Waals surface area contributed by atoms with Crippen molar-refractivity contribution in [2.75, 3.05) is 0 Å². The topological polar surface area (TPSA) is 28.7 Å². The van der Waals surface area contributed by atoms with Crippen molar-refractivity contribution < 1.29 is 0 Å². The highest BCUT2D eigenvalue weighted by Crippen LogP contribution is 2.13. The normalized spacial score (nSPS) is 11.5. The minimum atomic E-state index is 0.689. The number of nitrogens with one attached hydrogen (secondary N) is 1. The fourth-order valence-corrected chi connectivity index (χ4v) is 1.50. The molecule has 0 unspecified atom stereocenters. The van der Waals surface area contributed by atoms with E-state index in [2.05, 4.69) is 37.7 Å². The Morgan fingerprint density at radius 2 is 1.77 bits per heavy atom. The van der Waals surface area contributed by atoms with E-state index in [1.165, 1.54) is 11.4 Å². The molecule has 0 fully saturated rings. The van der Waals surface area contributed by atoms with Crippen LogP contribution in [-0.2, 0) is 12.8 Å². The molecule has 1 rings (SSSR count). The Morgan fingerprint density at radius 3 is 2.31 bits per heavy atom. The zero-order valence-corrected chi connectivity index (χ0v) is 9.09. The zero-order chi connectivity index (χ0) is 9.84. The third-order valence-corrected chi connectivity index (χ3v) is 2.02. The first-order valence-corrected chi connectivity index (χ1v) is 5.10. The van der Waals surface area contributed by atoms with Gasteiger partial charge in [-0.2, -0.15) is 0 Å². The van der Waals surface area contributed by atoms with Gasteiger partial charge in [0.25, 0.3) is 0 Å². The second kappa shape index (κ2) is 4.45. The summed E-state index contributed by atoms with van der Waals surface area (Å²) in [5, 5.41) is 0. The standard InChI is InChI=1S/C11H20N2/c1-8(2)5-10-11(6-9(3)4)13-7-12-10/h7-9H,5-6H2,1-4H3,(H,12,13). The van der Waals surface area contributed by atoms with Crippen LogP contribution in [0, 0.1) is 11.8 Å². The molecule has 0 bridgehead atoms. The number of hydrogen-bond acceptors (Lipinski definition) is 1. The van der Waals surface area contributed by atoms with E-state index in [9.17, 15) is 0 Å². The van der Waals surface area contributed by atoms with Gasteiger partial charge in [0.2, 0.25) is 0 Å². The summed E-state index contributed by atoms with van der Waals surface area (Å²) in [5.41, 5.74) is 2.58. The maximum Gasteiger partial charge on any atom is 0.0925 e. The predicted octanol–water partition coefficient (Wildman–Crippen LogP) is 2.81. The molecule has 0 aromatic carbocycles. The number of imidazole rings is 1. The Hall–Kier alpha value is -0.790. The molecule has 0 atom stereocenters. The van der Waals surface area contributed by atoms with E-state index in [0.717, 1.165) is 12.8 Å². The summed E-state index contributed by atoms with van der Waals surface area (Å²) in [4.78, 5) is 7.59. The van der Waals surface area contributed by atoms with Gasteiger partial charge in [-0.15, -0.1) is 0 Å². The first-order chi connectivity index (χ1) is 6.09. The summed E-state index contributed by atoms with van der Waals surface area (Å²) in [6.07, 6.45) is 4.02. The van der Waals surface area contributed by atoms with Gasteiger partial charge in [0.15, 0.2) is 0 Å². The Labute approximate surface area is 80.8 Å². The summed E-state index contributed by atoms with van der Waals surface area (Å²) in [5.74, 6) is 1.39. The lowest BCUT2D eigenvalue weighted by atomic mass is 10.0. The minimum Gasteiger partial charge on any atom is -0.348 e. The Morgan fingerprint density at radius 1 is 1.15 bits per heavy atom. The number of aromatic amines is 1. The zero-order valence-electron chi connectivity index (χ0n) is 9.09. The van der Waals surface area contributed by atoms with E-state index in [4.69, 9.17) is 0 Å². The summed E-state index contributed by atoms with van der Waals surface area (Å²) in [7, 11) is 0. The molecule has 1 aromatic rings. The summed E-state index contributed by atoms with van der Waals surface area (Å²) in [6, 6.07) is 0. The average Bonchev–Trinajstić information content (AvgIpc) is 2.34. The van der Waals surface area contributed by atoms with E-state index in [-0.39, 0.29) is 0 Å². The molecule has 0 amide bonds. The molecular weight excluding hydrogens is 160 g/mol. The van der Waals surface area contributed by atoms with Gasteiger partial charge in [0.05, 0.1) is 12.0 Å². The van der Waals surface area contributed by atoms with Crippen molar-refractivity contribution >= 4 is 0 Å². The van der Waals surface area contributed by atoms with Gasteiger partial charge in [0, 0.05) is 5.69 Å². The van der Waals surface area contributed by atoms with E-state index >= 15 is 0 Å². The van der Waals surface area contributed by atoms with E-state index in [1.54, 1.807) is 0 Å². The van der Waals surface area contributed by atoms with E-state index in [0.29, 0.717) is 11.8 Å². The van der Waals surface area contributed by atoms with Crippen molar-refractivity contribution in [1.82, 2.24) is 9.97 Å². The van der Waals surface area contributed by atoms with Crippen molar-refractivity contribution in [2.24, 2.45) is 11.8 Å². The fraction of sp³-hybridized carbons (Fsp3) is 0.727. The molecule has 1 N–H and O–H groups in total. The molecule has 0 radical (unpaired) electrons. The number of nitrogens with zero attached hydrogens (tertiary/aromatic N) is 1. The van der Waals surface area contributed by atoms with Crippen LogP contribution in [0.25, 0.3) is 0 Å². The number of rotatable bonds is 4. The molecule has 1 aromatic heterocycles. The first-order valence-electron chi connectivity index (χ1n) is 5.10. The smallest absolute Gasteiger partial charge is 0.0925 e. The van der Waals surface area contributed by atoms with Gasteiger partial charge in [-0.05, 0) is 24.7 Å². The third kappa shape index (κ3) is 3.21. The van der Waals surface area contributed by atoms with Crippen molar-refractivity contribution in [3.8, 4) is 0 Å². The second-order valence-electron chi connectivity index (χ2n) is 4.52. The molecule has 0 aliphatic rings. The predicted molar refractivity (Wildman–Crippen MR) is 55.7 cm³/mol. The molecule has 2 heteroatoms. The number of hydrogen-bond donors (Lipinski definition) is 1. The van der Waals surface area contributed by atoms with Crippen molar-refractivity contribution in [3.63, 3.8) is 0 Å². The lowest BCUT2D eigenvalue weighted by Crippen LogP contribution is -2.02. The summed E-state index contributed by atoms with van der Waals surface area (Å²) in [6.45, 7) is 8.93. The van der Waals surface area contributed by atoms with Crippen LogP contribution in [0.15, 0.2) is 6.33 Å². The Balaban J connectivity index is 2.65. The highest BCUT2D eigenvalue weighted by Gasteiger charge is 2.08. The van der Waals surface area contributed by atoms with E-state index in [1.807, 2.05) is 6.33 Å². The molecule has 0 saturated carbocycles. The summed E-state index contributed by atoms with van der Waals surface area (Å²) >= 11 is 0. The molecular formula is C11H20N2. The molecule has 2 nitrogen and oxygen atoms in total. The van der Waals surface area contributed by atoms with Gasteiger partial charge in [0.1, 0.15) is 0 Å². The maximum absolute atomic E-state index is 4.35. The van der Waals surface area contributed by atoms with E-state index < -0.39 is 0 Å². The van der Waals surface area contributed by atoms with Crippen LogP contribution < -0.4 is 0 Å². The summed E-state index contributed by atoms with van der Waals surface area (Å²) < 4.78 is 0. The fourth-order valence-electron chi connectivity index (χ4n) is 1.50. The molecule has 0 aliphatic heterocycles. The first kappa shape index (κ1) is 10.3. The van der Waals surface area contributed by atoms with Gasteiger partial charge in [-0.25, -0.2) is 4.98 Å². The molecule has 74 valence electrons. The van der Waals surface area contributed by atoms with Gasteiger partial charge >= 0.3 is 0 Å². The highest BCUT2D eigenvalue weighted by atomic mass is 14.9. The van der Waals surface area contributed by atoms with Crippen LogP contribution in [-0.4, -0.2) is 9.97 Å². The van der Waals surface area contributed by atoms with Gasteiger partial charge in [-0.1, -0.05) is 27.7 Å². The van der Waals surface area contributed by atoms with Crippen LogP contribution in [0.2, 0.25) is 0 Å². The van der Waals surface area contributed by atoms with Gasteiger partial charge in [-0.3, -0.25) is 0 Å². The van der Waals surface area contributed by atoms with Crippen LogP contribution in [0.5, 0.6) is 0 Å². The molecule has 0 aliphatic carbocycles. The number of aromatic nitrogens is 2. The molecule has 13 heavy (non-hydrogen) atoms. The lowest BCUT2D eigenvalue weighted by molar-refractivity contribution is 0.604. The molecule has 0 spiro atoms. The van der Waals surface area contributed by atoms with Crippen molar-refractivity contribution in [2.45, 2.75) is 40.5 Å². The average molecular weight is 180 g/mol.